The Hall–Kier alpha value is -0.160. The van der Waals surface area contributed by atoms with E-state index in [1.54, 1.807) is 7.11 Å². The molecule has 0 radical (unpaired) electrons. The van der Waals surface area contributed by atoms with E-state index < -0.39 is 6.10 Å². The van der Waals surface area contributed by atoms with Gasteiger partial charge in [-0.1, -0.05) is 0 Å². The Morgan fingerprint density at radius 1 is 1.64 bits per heavy atom. The first-order valence-electron chi connectivity index (χ1n) is 3.77. The van der Waals surface area contributed by atoms with Gasteiger partial charge >= 0.3 is 0 Å². The predicted molar refractivity (Wildman–Crippen MR) is 36.3 cm³/mol. The summed E-state index contributed by atoms with van der Waals surface area (Å²) in [6.07, 6.45) is -0.702. The highest BCUT2D eigenvalue weighted by atomic mass is 16.6. The second-order valence-corrected chi connectivity index (χ2v) is 2.96. The molecule has 2 aliphatic heterocycles. The standard InChI is InChI=1S/C7H12O4/c1-9-2-4-6(8)7-5(11-4)3-10-7/h4-8H,2-3H2,1H3/t4-,5-,6+,7+/m0/s1. The van der Waals surface area contributed by atoms with Crippen LogP contribution in [0.4, 0.5) is 0 Å². The molecular formula is C7H12O4. The summed E-state index contributed by atoms with van der Waals surface area (Å²) in [6.45, 7) is 1.06. The fraction of sp³-hybridized carbons (Fsp3) is 1.00. The molecule has 0 aliphatic carbocycles. The summed E-state index contributed by atoms with van der Waals surface area (Å²) in [5, 5.41) is 9.48. The third kappa shape index (κ3) is 1.06. The third-order valence-corrected chi connectivity index (χ3v) is 2.22. The molecule has 0 saturated carbocycles. The number of ether oxygens (including phenoxy) is 3. The van der Waals surface area contributed by atoms with Crippen molar-refractivity contribution in [2.75, 3.05) is 20.3 Å². The van der Waals surface area contributed by atoms with Gasteiger partial charge in [0.05, 0.1) is 13.2 Å². The molecule has 4 nitrogen and oxygen atoms in total. The third-order valence-electron chi connectivity index (χ3n) is 2.22. The van der Waals surface area contributed by atoms with Gasteiger partial charge in [-0.15, -0.1) is 0 Å². The van der Waals surface area contributed by atoms with Crippen LogP contribution in [0.3, 0.4) is 0 Å². The van der Waals surface area contributed by atoms with Gasteiger partial charge in [-0.2, -0.15) is 0 Å². The average molecular weight is 160 g/mol. The highest BCUT2D eigenvalue weighted by Crippen LogP contribution is 2.31. The number of hydrogen-bond acceptors (Lipinski definition) is 4. The van der Waals surface area contributed by atoms with Gasteiger partial charge in [0.15, 0.2) is 0 Å². The number of hydrogen-bond donors (Lipinski definition) is 1. The van der Waals surface area contributed by atoms with Gasteiger partial charge in [-0.05, 0) is 0 Å². The van der Waals surface area contributed by atoms with Crippen molar-refractivity contribution < 1.29 is 19.3 Å². The summed E-state index contributed by atoms with van der Waals surface area (Å²) in [5.74, 6) is 0. The van der Waals surface area contributed by atoms with Crippen LogP contribution in [0, 0.1) is 0 Å². The molecule has 0 amide bonds. The summed E-state index contributed by atoms with van der Waals surface area (Å²) in [7, 11) is 1.59. The van der Waals surface area contributed by atoms with Gasteiger partial charge in [-0.3, -0.25) is 0 Å². The maximum Gasteiger partial charge on any atom is 0.114 e. The van der Waals surface area contributed by atoms with E-state index in [0.717, 1.165) is 0 Å². The zero-order valence-electron chi connectivity index (χ0n) is 6.40. The lowest BCUT2D eigenvalue weighted by Gasteiger charge is -2.30. The Bertz CT molecular complexity index is 149. The molecule has 2 aliphatic rings. The van der Waals surface area contributed by atoms with Crippen LogP contribution in [0.1, 0.15) is 0 Å². The zero-order valence-corrected chi connectivity index (χ0v) is 6.40. The van der Waals surface area contributed by atoms with Gasteiger partial charge in [0.1, 0.15) is 24.4 Å². The Kier molecular flexibility index (Phi) is 1.85. The number of methoxy groups -OCH3 is 1. The molecule has 4 atom stereocenters. The first-order valence-corrected chi connectivity index (χ1v) is 3.77. The Balaban J connectivity index is 1.92. The molecule has 2 rings (SSSR count). The smallest absolute Gasteiger partial charge is 0.114 e. The maximum atomic E-state index is 9.48. The number of fused-ring (bicyclic) bond motifs is 1. The highest BCUT2D eigenvalue weighted by Gasteiger charge is 2.50. The van der Waals surface area contributed by atoms with E-state index in [9.17, 15) is 5.11 Å². The predicted octanol–water partition coefficient (Wildman–Crippen LogP) is -0.840. The molecule has 4 heteroatoms. The van der Waals surface area contributed by atoms with Gasteiger partial charge in [-0.25, -0.2) is 0 Å². The average Bonchev–Trinajstić information content (AvgIpc) is 2.11. The minimum atomic E-state index is -0.506. The van der Waals surface area contributed by atoms with E-state index in [4.69, 9.17) is 14.2 Å². The molecule has 0 unspecified atom stereocenters. The molecule has 0 aromatic carbocycles. The minimum absolute atomic E-state index is 0.102. The lowest BCUT2D eigenvalue weighted by atomic mass is 10.0. The quantitative estimate of drug-likeness (QED) is 0.572. The second-order valence-electron chi connectivity index (χ2n) is 2.96. The largest absolute Gasteiger partial charge is 0.387 e. The van der Waals surface area contributed by atoms with E-state index in [1.807, 2.05) is 0 Å². The number of aliphatic hydroxyl groups is 1. The fourth-order valence-corrected chi connectivity index (χ4v) is 1.54. The van der Waals surface area contributed by atoms with E-state index in [0.29, 0.717) is 13.2 Å². The summed E-state index contributed by atoms with van der Waals surface area (Å²) in [6, 6.07) is 0. The van der Waals surface area contributed by atoms with Gasteiger partial charge in [0, 0.05) is 7.11 Å². The summed E-state index contributed by atoms with van der Waals surface area (Å²) >= 11 is 0. The van der Waals surface area contributed by atoms with E-state index in [2.05, 4.69) is 0 Å². The molecule has 2 heterocycles. The summed E-state index contributed by atoms with van der Waals surface area (Å²) in [5.41, 5.74) is 0. The van der Waals surface area contributed by atoms with Crippen LogP contribution in [0.25, 0.3) is 0 Å². The SMILES string of the molecule is COC[C@@H]1O[C@H]2CO[C@H]2[C@@H]1O. The van der Waals surface area contributed by atoms with Crippen LogP contribution in [0.5, 0.6) is 0 Å². The minimum Gasteiger partial charge on any atom is -0.387 e. The van der Waals surface area contributed by atoms with Crippen LogP contribution < -0.4 is 0 Å². The lowest BCUT2D eigenvalue weighted by Crippen LogP contribution is -2.47. The molecule has 2 saturated heterocycles. The van der Waals surface area contributed by atoms with Crippen molar-refractivity contribution >= 4 is 0 Å². The van der Waals surface area contributed by atoms with Crippen molar-refractivity contribution in [1.82, 2.24) is 0 Å². The van der Waals surface area contributed by atoms with Crippen molar-refractivity contribution in [1.29, 1.82) is 0 Å². The second kappa shape index (κ2) is 2.71. The molecule has 0 spiro atoms. The van der Waals surface area contributed by atoms with Gasteiger partial charge in [0.25, 0.3) is 0 Å². The molecule has 0 bridgehead atoms. The van der Waals surface area contributed by atoms with E-state index >= 15 is 0 Å². The number of aliphatic hydroxyl groups excluding tert-OH is 1. The summed E-state index contributed by atoms with van der Waals surface area (Å²) in [4.78, 5) is 0. The lowest BCUT2D eigenvalue weighted by molar-refractivity contribution is -0.155. The first kappa shape index (κ1) is 7.49. The molecule has 11 heavy (non-hydrogen) atoms. The zero-order chi connectivity index (χ0) is 7.84. The van der Waals surface area contributed by atoms with Crippen molar-refractivity contribution in [2.45, 2.75) is 24.4 Å². The molecule has 2 fully saturated rings. The fourth-order valence-electron chi connectivity index (χ4n) is 1.54. The van der Waals surface area contributed by atoms with Gasteiger partial charge < -0.3 is 19.3 Å². The van der Waals surface area contributed by atoms with Crippen LogP contribution in [0.2, 0.25) is 0 Å². The summed E-state index contributed by atoms with van der Waals surface area (Å²) < 4.78 is 15.4. The van der Waals surface area contributed by atoms with Crippen molar-refractivity contribution in [3.8, 4) is 0 Å². The highest BCUT2D eigenvalue weighted by molar-refractivity contribution is 4.96. The van der Waals surface area contributed by atoms with Crippen molar-refractivity contribution in [2.24, 2.45) is 0 Å². The topological polar surface area (TPSA) is 47.9 Å². The van der Waals surface area contributed by atoms with Crippen LogP contribution in [-0.2, 0) is 14.2 Å². The monoisotopic (exact) mass is 160 g/mol. The van der Waals surface area contributed by atoms with Crippen LogP contribution >= 0.6 is 0 Å². The Morgan fingerprint density at radius 3 is 2.82 bits per heavy atom. The molecule has 0 aromatic heterocycles. The van der Waals surface area contributed by atoms with E-state index in [1.165, 1.54) is 0 Å². The van der Waals surface area contributed by atoms with Crippen molar-refractivity contribution in [3.05, 3.63) is 0 Å². The first-order chi connectivity index (χ1) is 5.33. The van der Waals surface area contributed by atoms with E-state index in [-0.39, 0.29) is 18.3 Å². The maximum absolute atomic E-state index is 9.48. The molecule has 0 aromatic rings. The Labute approximate surface area is 65.1 Å². The van der Waals surface area contributed by atoms with Gasteiger partial charge in [0.2, 0.25) is 0 Å². The molecule has 1 N–H and O–H groups in total. The molecule has 64 valence electrons. The molecular weight excluding hydrogens is 148 g/mol. The van der Waals surface area contributed by atoms with Crippen molar-refractivity contribution in [3.63, 3.8) is 0 Å². The number of rotatable bonds is 2. The normalized spacial score (nSPS) is 48.5. The Morgan fingerprint density at radius 2 is 2.45 bits per heavy atom. The van der Waals surface area contributed by atoms with Crippen LogP contribution in [-0.4, -0.2) is 49.8 Å². The van der Waals surface area contributed by atoms with Crippen LogP contribution in [0.15, 0.2) is 0 Å².